The number of alkyl halides is 3. The van der Waals surface area contributed by atoms with E-state index in [2.05, 4.69) is 10.4 Å². The first kappa shape index (κ1) is 22.1. The highest BCUT2D eigenvalue weighted by atomic mass is 19.4. The highest BCUT2D eigenvalue weighted by molar-refractivity contribution is 5.90. The number of halogens is 3. The van der Waals surface area contributed by atoms with Crippen LogP contribution < -0.4 is 14.8 Å². The number of hydrogen-bond donors (Lipinski definition) is 1. The minimum absolute atomic E-state index is 0.0186. The van der Waals surface area contributed by atoms with Gasteiger partial charge in [0.05, 0.1) is 31.8 Å². The second kappa shape index (κ2) is 9.82. The zero-order valence-electron chi connectivity index (χ0n) is 16.0. The van der Waals surface area contributed by atoms with Crippen LogP contribution in [0.25, 0.3) is 0 Å². The minimum atomic E-state index is -4.44. The molecular formula is C19H21F3N4O3. The van der Waals surface area contributed by atoms with Crippen LogP contribution in [0, 0.1) is 18.3 Å². The Morgan fingerprint density at radius 1 is 1.31 bits per heavy atom. The van der Waals surface area contributed by atoms with E-state index in [0.29, 0.717) is 24.3 Å². The van der Waals surface area contributed by atoms with E-state index < -0.39 is 12.8 Å². The topological polar surface area (TPSA) is 89.2 Å². The molecule has 0 saturated heterocycles. The largest absolute Gasteiger partial charge is 0.493 e. The van der Waals surface area contributed by atoms with Crippen molar-refractivity contribution in [2.45, 2.75) is 38.9 Å². The van der Waals surface area contributed by atoms with Gasteiger partial charge >= 0.3 is 6.18 Å². The maximum Gasteiger partial charge on any atom is 0.422 e. The zero-order chi connectivity index (χ0) is 21.4. The van der Waals surface area contributed by atoms with Gasteiger partial charge < -0.3 is 14.8 Å². The van der Waals surface area contributed by atoms with Crippen LogP contribution in [-0.2, 0) is 17.8 Å². The Morgan fingerprint density at radius 3 is 2.72 bits per heavy atom. The van der Waals surface area contributed by atoms with Gasteiger partial charge in [-0.15, -0.1) is 0 Å². The second-order valence-corrected chi connectivity index (χ2v) is 6.24. The van der Waals surface area contributed by atoms with Crippen LogP contribution in [0.2, 0.25) is 0 Å². The third-order valence-electron chi connectivity index (χ3n) is 3.87. The molecule has 0 radical (unpaired) electrons. The molecule has 1 heterocycles. The Kier molecular flexibility index (Phi) is 7.47. The van der Waals surface area contributed by atoms with Crippen LogP contribution in [0.3, 0.4) is 0 Å². The average Bonchev–Trinajstić information content (AvgIpc) is 3.01. The Morgan fingerprint density at radius 2 is 2.07 bits per heavy atom. The lowest BCUT2D eigenvalue weighted by atomic mass is 10.1. The van der Waals surface area contributed by atoms with E-state index in [1.165, 1.54) is 13.2 Å². The summed E-state index contributed by atoms with van der Waals surface area (Å²) in [5.41, 5.74) is 1.43. The third kappa shape index (κ3) is 7.03. The number of carbonyl (C=O) groups is 1. The van der Waals surface area contributed by atoms with E-state index in [1.807, 2.05) is 6.07 Å². The van der Waals surface area contributed by atoms with Crippen molar-refractivity contribution in [3.05, 3.63) is 35.5 Å². The summed E-state index contributed by atoms with van der Waals surface area (Å²) in [5.74, 6) is 0.406. The minimum Gasteiger partial charge on any atom is -0.493 e. The van der Waals surface area contributed by atoms with Crippen LogP contribution in [0.1, 0.15) is 24.1 Å². The highest BCUT2D eigenvalue weighted by Gasteiger charge is 2.29. The predicted octanol–water partition coefficient (Wildman–Crippen LogP) is 3.63. The molecule has 0 aliphatic heterocycles. The van der Waals surface area contributed by atoms with Crippen LogP contribution >= 0.6 is 0 Å². The number of aryl methyl sites for hydroxylation is 3. The number of hydrogen-bond acceptors (Lipinski definition) is 5. The molecule has 0 aliphatic rings. The fourth-order valence-electron chi connectivity index (χ4n) is 2.58. The van der Waals surface area contributed by atoms with Crippen molar-refractivity contribution < 1.29 is 27.4 Å². The number of amides is 1. The summed E-state index contributed by atoms with van der Waals surface area (Å²) in [6, 6.07) is 8.26. The highest BCUT2D eigenvalue weighted by Crippen LogP contribution is 2.30. The van der Waals surface area contributed by atoms with Crippen molar-refractivity contribution in [1.82, 2.24) is 9.78 Å². The summed E-state index contributed by atoms with van der Waals surface area (Å²) < 4.78 is 48.3. The van der Waals surface area contributed by atoms with E-state index >= 15 is 0 Å². The quantitative estimate of drug-likeness (QED) is 0.682. The number of methoxy groups -OCH3 is 1. The maximum absolute atomic E-state index is 12.3. The van der Waals surface area contributed by atoms with E-state index in [1.54, 1.807) is 29.8 Å². The molecule has 1 aromatic carbocycles. The molecule has 0 aliphatic carbocycles. The molecule has 1 N–H and O–H groups in total. The average molecular weight is 410 g/mol. The Balaban J connectivity index is 1.96. The smallest absolute Gasteiger partial charge is 0.422 e. The number of ether oxygens (including phenoxy) is 2. The molecule has 1 amide bonds. The van der Waals surface area contributed by atoms with E-state index in [4.69, 9.17) is 14.7 Å². The normalized spacial score (nSPS) is 11.0. The number of nitriles is 1. The van der Waals surface area contributed by atoms with E-state index in [-0.39, 0.29) is 30.2 Å². The first-order chi connectivity index (χ1) is 13.7. The molecule has 0 spiro atoms. The molecule has 0 saturated carbocycles. The van der Waals surface area contributed by atoms with Crippen molar-refractivity contribution in [2.75, 3.05) is 19.0 Å². The molecule has 7 nitrogen and oxygen atoms in total. The number of benzene rings is 1. The van der Waals surface area contributed by atoms with Crippen molar-refractivity contribution >= 4 is 11.7 Å². The summed E-state index contributed by atoms with van der Waals surface area (Å²) in [6.45, 7) is 0.744. The fourth-order valence-corrected chi connectivity index (χ4v) is 2.58. The second-order valence-electron chi connectivity index (χ2n) is 6.24. The van der Waals surface area contributed by atoms with Gasteiger partial charge in [-0.1, -0.05) is 6.07 Å². The summed E-state index contributed by atoms with van der Waals surface area (Å²) in [5, 5.41) is 15.7. The third-order valence-corrected chi connectivity index (χ3v) is 3.87. The molecule has 0 fully saturated rings. The van der Waals surface area contributed by atoms with E-state index in [9.17, 15) is 18.0 Å². The van der Waals surface area contributed by atoms with Gasteiger partial charge in [-0.25, -0.2) is 4.68 Å². The number of nitrogens with zero attached hydrogens (tertiary/aromatic N) is 3. The summed E-state index contributed by atoms with van der Waals surface area (Å²) in [6.07, 6.45) is -3.67. The van der Waals surface area contributed by atoms with E-state index in [0.717, 1.165) is 5.69 Å². The fraction of sp³-hybridized carbons (Fsp3) is 0.421. The Hall–Kier alpha value is -3.22. The summed E-state index contributed by atoms with van der Waals surface area (Å²) >= 11 is 0. The van der Waals surface area contributed by atoms with Gasteiger partial charge in [-0.05, 0) is 31.0 Å². The number of aromatic nitrogens is 2. The first-order valence-electron chi connectivity index (χ1n) is 8.79. The van der Waals surface area contributed by atoms with Gasteiger partial charge in [0.15, 0.2) is 18.1 Å². The van der Waals surface area contributed by atoms with Crippen LogP contribution in [-0.4, -0.2) is 35.6 Å². The van der Waals surface area contributed by atoms with Gasteiger partial charge in [-0.2, -0.15) is 23.5 Å². The molecule has 156 valence electrons. The lowest BCUT2D eigenvalue weighted by molar-refractivity contribution is -0.153. The standard InChI is InChI=1S/C19H21F3N4O3/c1-13-10-17(26(25-13)9-3-8-23)24-18(27)7-5-14-4-6-15(16(11-14)28-2)29-12-19(20,21)22/h4,6,10-11H,3,5,7,9,12H2,1-2H3,(H,24,27). The molecule has 10 heteroatoms. The molecule has 1 aromatic heterocycles. The van der Waals surface area contributed by atoms with Crippen molar-refractivity contribution in [2.24, 2.45) is 0 Å². The molecular weight excluding hydrogens is 389 g/mol. The number of anilines is 1. The maximum atomic E-state index is 12.3. The lowest BCUT2D eigenvalue weighted by Crippen LogP contribution is -2.19. The van der Waals surface area contributed by atoms with Crippen LogP contribution in [0.15, 0.2) is 24.3 Å². The van der Waals surface area contributed by atoms with Gasteiger partial charge in [0.2, 0.25) is 5.91 Å². The summed E-state index contributed by atoms with van der Waals surface area (Å²) in [4.78, 5) is 12.3. The van der Waals surface area contributed by atoms with Crippen LogP contribution in [0.5, 0.6) is 11.5 Å². The zero-order valence-corrected chi connectivity index (χ0v) is 16.0. The monoisotopic (exact) mass is 410 g/mol. The van der Waals surface area contributed by atoms with Crippen molar-refractivity contribution in [3.63, 3.8) is 0 Å². The molecule has 2 rings (SSSR count). The Labute approximate surface area is 166 Å². The molecule has 0 atom stereocenters. The van der Waals surface area contributed by atoms with Gasteiger partial charge in [0.25, 0.3) is 0 Å². The van der Waals surface area contributed by atoms with Gasteiger partial charge in [0, 0.05) is 12.5 Å². The number of rotatable bonds is 9. The van der Waals surface area contributed by atoms with Crippen LogP contribution in [0.4, 0.5) is 19.0 Å². The first-order valence-corrected chi connectivity index (χ1v) is 8.79. The SMILES string of the molecule is COc1cc(CCC(=O)Nc2cc(C)nn2CCC#N)ccc1OCC(F)(F)F. The molecule has 0 bridgehead atoms. The molecule has 29 heavy (non-hydrogen) atoms. The van der Waals surface area contributed by atoms with Crippen molar-refractivity contribution in [3.8, 4) is 17.6 Å². The molecule has 0 unspecified atom stereocenters. The molecule has 2 aromatic rings. The Bertz CT molecular complexity index is 888. The predicted molar refractivity (Wildman–Crippen MR) is 98.7 cm³/mol. The number of carbonyl (C=O) groups excluding carboxylic acids is 1. The van der Waals surface area contributed by atoms with Gasteiger partial charge in [0.1, 0.15) is 5.82 Å². The van der Waals surface area contributed by atoms with Gasteiger partial charge in [-0.3, -0.25) is 4.79 Å². The lowest BCUT2D eigenvalue weighted by Gasteiger charge is -2.13. The number of nitrogens with one attached hydrogen (secondary N) is 1. The summed E-state index contributed by atoms with van der Waals surface area (Å²) in [7, 11) is 1.33. The van der Waals surface area contributed by atoms with Crippen molar-refractivity contribution in [1.29, 1.82) is 5.26 Å².